The highest BCUT2D eigenvalue weighted by Crippen LogP contribution is 2.49. The Hall–Kier alpha value is -0.260. The Labute approximate surface area is 69.7 Å². The highest BCUT2D eigenvalue weighted by Gasteiger charge is 2.38. The fourth-order valence-corrected chi connectivity index (χ4v) is 3.27. The number of allylic oxidation sites excluding steroid dienone is 1. The first-order chi connectivity index (χ1) is 5.29. The molecule has 11 heavy (non-hydrogen) atoms. The quantitative estimate of drug-likeness (QED) is 0.503. The molecule has 0 heterocycles. The molecule has 62 valence electrons. The molecule has 0 radical (unpaired) electrons. The zero-order valence-electron chi connectivity index (χ0n) is 7.47. The maximum atomic E-state index is 4.12. The average Bonchev–Trinajstić information content (AvgIpc) is 2.23. The lowest BCUT2D eigenvalue weighted by Gasteiger charge is -2.30. The molecule has 0 N–H and O–H groups in total. The summed E-state index contributed by atoms with van der Waals surface area (Å²) in [5.41, 5.74) is 1.46. The zero-order chi connectivity index (χ0) is 7.84. The molecular formula is C11H18. The minimum Gasteiger partial charge on any atom is -0.0998 e. The summed E-state index contributed by atoms with van der Waals surface area (Å²) in [5.74, 6) is 2.95. The molecule has 2 aliphatic carbocycles. The molecule has 2 fully saturated rings. The van der Waals surface area contributed by atoms with Gasteiger partial charge in [-0.3, -0.25) is 0 Å². The monoisotopic (exact) mass is 150 g/mol. The Bertz CT molecular complexity index is 153. The van der Waals surface area contributed by atoms with E-state index in [1.54, 1.807) is 0 Å². The van der Waals surface area contributed by atoms with Crippen molar-refractivity contribution in [1.82, 2.24) is 0 Å². The molecule has 0 amide bonds. The summed E-state index contributed by atoms with van der Waals surface area (Å²) in [5, 5.41) is 0. The zero-order valence-corrected chi connectivity index (χ0v) is 7.47. The topological polar surface area (TPSA) is 0 Å². The van der Waals surface area contributed by atoms with Gasteiger partial charge in [-0.15, -0.1) is 0 Å². The standard InChI is InChI=1S/C11H18/c1-8(2)11-9-4-3-5-10(11)7-6-9/h9-11H,1,3-7H2,2H3. The van der Waals surface area contributed by atoms with Crippen molar-refractivity contribution in [2.75, 3.05) is 0 Å². The van der Waals surface area contributed by atoms with E-state index in [-0.39, 0.29) is 0 Å². The van der Waals surface area contributed by atoms with Gasteiger partial charge in [0.25, 0.3) is 0 Å². The predicted molar refractivity (Wildman–Crippen MR) is 48.4 cm³/mol. The molecule has 2 unspecified atom stereocenters. The fourth-order valence-electron chi connectivity index (χ4n) is 3.27. The first kappa shape index (κ1) is 7.39. The molecule has 2 rings (SSSR count). The van der Waals surface area contributed by atoms with E-state index in [9.17, 15) is 0 Å². The summed E-state index contributed by atoms with van der Waals surface area (Å²) in [7, 11) is 0. The minimum absolute atomic E-state index is 0.906. The Balaban J connectivity index is 2.15. The van der Waals surface area contributed by atoms with Gasteiger partial charge < -0.3 is 0 Å². The van der Waals surface area contributed by atoms with Crippen LogP contribution in [0.1, 0.15) is 39.0 Å². The van der Waals surface area contributed by atoms with Crippen LogP contribution in [-0.4, -0.2) is 0 Å². The first-order valence-electron chi connectivity index (χ1n) is 4.94. The van der Waals surface area contributed by atoms with Gasteiger partial charge in [0, 0.05) is 0 Å². The van der Waals surface area contributed by atoms with Gasteiger partial charge in [0.2, 0.25) is 0 Å². The van der Waals surface area contributed by atoms with Gasteiger partial charge in [-0.05, 0) is 50.4 Å². The van der Waals surface area contributed by atoms with Crippen molar-refractivity contribution >= 4 is 0 Å². The lowest BCUT2D eigenvalue weighted by atomic mass is 9.75. The molecular weight excluding hydrogens is 132 g/mol. The summed E-state index contributed by atoms with van der Waals surface area (Å²) in [6, 6.07) is 0. The lowest BCUT2D eigenvalue weighted by Crippen LogP contribution is -2.20. The minimum atomic E-state index is 0.906. The molecule has 0 aliphatic heterocycles. The Morgan fingerprint density at radius 1 is 1.09 bits per heavy atom. The maximum Gasteiger partial charge on any atom is -0.0152 e. The molecule has 0 aromatic heterocycles. The van der Waals surface area contributed by atoms with Crippen LogP contribution < -0.4 is 0 Å². The van der Waals surface area contributed by atoms with E-state index in [1.807, 2.05) is 0 Å². The van der Waals surface area contributed by atoms with E-state index in [2.05, 4.69) is 13.5 Å². The second-order valence-corrected chi connectivity index (χ2v) is 4.40. The maximum absolute atomic E-state index is 4.12. The third-order valence-corrected chi connectivity index (χ3v) is 3.64. The van der Waals surface area contributed by atoms with Crippen molar-refractivity contribution in [2.45, 2.75) is 39.0 Å². The van der Waals surface area contributed by atoms with Crippen molar-refractivity contribution in [1.29, 1.82) is 0 Å². The molecule has 0 aromatic rings. The van der Waals surface area contributed by atoms with Crippen LogP contribution in [0.15, 0.2) is 12.2 Å². The van der Waals surface area contributed by atoms with Gasteiger partial charge in [0.15, 0.2) is 0 Å². The van der Waals surface area contributed by atoms with Crippen LogP contribution in [0.2, 0.25) is 0 Å². The normalized spacial score (nSPS) is 42.5. The van der Waals surface area contributed by atoms with Crippen molar-refractivity contribution in [2.24, 2.45) is 17.8 Å². The molecule has 2 atom stereocenters. The predicted octanol–water partition coefficient (Wildman–Crippen LogP) is 3.39. The smallest absolute Gasteiger partial charge is 0.0152 e. The molecule has 0 aromatic carbocycles. The third-order valence-electron chi connectivity index (χ3n) is 3.64. The Morgan fingerprint density at radius 3 is 2.00 bits per heavy atom. The average molecular weight is 150 g/mol. The molecule has 2 saturated carbocycles. The van der Waals surface area contributed by atoms with Crippen molar-refractivity contribution in [3.8, 4) is 0 Å². The van der Waals surface area contributed by atoms with Gasteiger partial charge in [-0.1, -0.05) is 18.6 Å². The summed E-state index contributed by atoms with van der Waals surface area (Å²) in [4.78, 5) is 0. The van der Waals surface area contributed by atoms with E-state index in [1.165, 1.54) is 37.7 Å². The van der Waals surface area contributed by atoms with Gasteiger partial charge in [-0.25, -0.2) is 0 Å². The van der Waals surface area contributed by atoms with E-state index in [4.69, 9.17) is 0 Å². The SMILES string of the molecule is C=C(C)C1C2CCCC1CC2. The van der Waals surface area contributed by atoms with Gasteiger partial charge in [-0.2, -0.15) is 0 Å². The van der Waals surface area contributed by atoms with Crippen molar-refractivity contribution < 1.29 is 0 Å². The van der Waals surface area contributed by atoms with Crippen LogP contribution in [-0.2, 0) is 0 Å². The first-order valence-corrected chi connectivity index (χ1v) is 4.94. The van der Waals surface area contributed by atoms with E-state index in [0.717, 1.165) is 17.8 Å². The van der Waals surface area contributed by atoms with E-state index in [0.29, 0.717) is 0 Å². The lowest BCUT2D eigenvalue weighted by molar-refractivity contribution is 0.266. The second-order valence-electron chi connectivity index (χ2n) is 4.40. The molecule has 0 saturated heterocycles. The number of rotatable bonds is 1. The van der Waals surface area contributed by atoms with E-state index < -0.39 is 0 Å². The third kappa shape index (κ3) is 1.13. The molecule has 0 heteroatoms. The van der Waals surface area contributed by atoms with Crippen LogP contribution in [0.4, 0.5) is 0 Å². The van der Waals surface area contributed by atoms with E-state index >= 15 is 0 Å². The molecule has 2 bridgehead atoms. The summed E-state index contributed by atoms with van der Waals surface area (Å²) in [6.45, 7) is 6.34. The fraction of sp³-hybridized carbons (Fsp3) is 0.818. The van der Waals surface area contributed by atoms with Crippen molar-refractivity contribution in [3.05, 3.63) is 12.2 Å². The highest BCUT2D eigenvalue weighted by molar-refractivity contribution is 5.06. The number of fused-ring (bicyclic) bond motifs is 2. The van der Waals surface area contributed by atoms with Crippen LogP contribution >= 0.6 is 0 Å². The van der Waals surface area contributed by atoms with Crippen LogP contribution in [0, 0.1) is 17.8 Å². The van der Waals surface area contributed by atoms with Gasteiger partial charge in [0.05, 0.1) is 0 Å². The summed E-state index contributed by atoms with van der Waals surface area (Å²) < 4.78 is 0. The van der Waals surface area contributed by atoms with Crippen LogP contribution in [0.25, 0.3) is 0 Å². The number of hydrogen-bond acceptors (Lipinski definition) is 0. The van der Waals surface area contributed by atoms with Crippen molar-refractivity contribution in [3.63, 3.8) is 0 Å². The number of hydrogen-bond donors (Lipinski definition) is 0. The summed E-state index contributed by atoms with van der Waals surface area (Å²) in [6.07, 6.45) is 7.42. The largest absolute Gasteiger partial charge is 0.0998 e. The Kier molecular flexibility index (Phi) is 1.78. The summed E-state index contributed by atoms with van der Waals surface area (Å²) >= 11 is 0. The van der Waals surface area contributed by atoms with Gasteiger partial charge >= 0.3 is 0 Å². The second kappa shape index (κ2) is 2.66. The Morgan fingerprint density at radius 2 is 1.64 bits per heavy atom. The highest BCUT2D eigenvalue weighted by atomic mass is 14.4. The molecule has 0 spiro atoms. The van der Waals surface area contributed by atoms with Gasteiger partial charge in [0.1, 0.15) is 0 Å². The van der Waals surface area contributed by atoms with Crippen LogP contribution in [0.3, 0.4) is 0 Å². The molecule has 0 nitrogen and oxygen atoms in total. The molecule has 2 aliphatic rings. The van der Waals surface area contributed by atoms with Crippen LogP contribution in [0.5, 0.6) is 0 Å².